The van der Waals surface area contributed by atoms with Crippen molar-refractivity contribution in [3.8, 4) is 0 Å². The number of hydrogen-bond acceptors (Lipinski definition) is 3. The molecule has 0 aliphatic heterocycles. The molecule has 2 N–H and O–H groups in total. The van der Waals surface area contributed by atoms with E-state index in [-0.39, 0.29) is 24.0 Å². The van der Waals surface area contributed by atoms with Gasteiger partial charge in [0.15, 0.2) is 5.96 Å². The highest BCUT2D eigenvalue weighted by molar-refractivity contribution is 14.0. The highest BCUT2D eigenvalue weighted by atomic mass is 127. The Morgan fingerprint density at radius 2 is 2.10 bits per heavy atom. The van der Waals surface area contributed by atoms with Gasteiger partial charge in [-0.1, -0.05) is 13.0 Å². The summed E-state index contributed by atoms with van der Waals surface area (Å²) < 4.78 is 0. The first-order valence-electron chi connectivity index (χ1n) is 7.24. The number of anilines is 1. The highest BCUT2D eigenvalue weighted by Gasteiger charge is 2.06. The predicted molar refractivity (Wildman–Crippen MR) is 102 cm³/mol. The molecular weight excluding hydrogens is 377 g/mol. The van der Waals surface area contributed by atoms with Gasteiger partial charge in [0.05, 0.1) is 6.54 Å². The third-order valence-corrected chi connectivity index (χ3v) is 3.04. The maximum absolute atomic E-state index is 4.64. The zero-order valence-corrected chi connectivity index (χ0v) is 16.0. The summed E-state index contributed by atoms with van der Waals surface area (Å²) in [7, 11) is 4.00. The first-order valence-corrected chi connectivity index (χ1v) is 7.24. The lowest BCUT2D eigenvalue weighted by Gasteiger charge is -2.17. The molecule has 21 heavy (non-hydrogen) atoms. The lowest BCUT2D eigenvalue weighted by Crippen LogP contribution is -2.41. The van der Waals surface area contributed by atoms with E-state index in [1.165, 1.54) is 0 Å². The third kappa shape index (κ3) is 6.97. The second-order valence-electron chi connectivity index (χ2n) is 5.03. The quantitative estimate of drug-likeness (QED) is 0.434. The Morgan fingerprint density at radius 3 is 2.67 bits per heavy atom. The molecule has 0 aliphatic carbocycles. The van der Waals surface area contributed by atoms with Crippen molar-refractivity contribution >= 4 is 35.8 Å². The lowest BCUT2D eigenvalue weighted by molar-refractivity contribution is 0.624. The molecule has 0 aliphatic rings. The fourth-order valence-electron chi connectivity index (χ4n) is 1.78. The molecule has 1 aromatic rings. The number of halogens is 1. The van der Waals surface area contributed by atoms with Crippen LogP contribution < -0.4 is 15.5 Å². The highest BCUT2D eigenvalue weighted by Crippen LogP contribution is 2.15. The maximum Gasteiger partial charge on any atom is 0.191 e. The van der Waals surface area contributed by atoms with Crippen molar-refractivity contribution in [1.29, 1.82) is 0 Å². The summed E-state index contributed by atoms with van der Waals surface area (Å²) in [6.07, 6.45) is 2.88. The summed E-state index contributed by atoms with van der Waals surface area (Å²) in [6, 6.07) is 4.43. The maximum atomic E-state index is 4.64. The van der Waals surface area contributed by atoms with E-state index in [1.807, 2.05) is 31.3 Å². The van der Waals surface area contributed by atoms with Crippen molar-refractivity contribution in [2.45, 2.75) is 39.8 Å². The first kappa shape index (κ1) is 19.9. The van der Waals surface area contributed by atoms with Gasteiger partial charge in [0.25, 0.3) is 0 Å². The molecule has 5 nitrogen and oxygen atoms in total. The predicted octanol–water partition coefficient (Wildman–Crippen LogP) is 2.62. The number of nitrogens with zero attached hydrogens (tertiary/aromatic N) is 3. The monoisotopic (exact) mass is 405 g/mol. The van der Waals surface area contributed by atoms with E-state index in [0.717, 1.165) is 30.3 Å². The van der Waals surface area contributed by atoms with Crippen LogP contribution in [0, 0.1) is 0 Å². The zero-order valence-electron chi connectivity index (χ0n) is 13.7. The van der Waals surface area contributed by atoms with Crippen molar-refractivity contribution in [2.24, 2.45) is 4.99 Å². The van der Waals surface area contributed by atoms with Crippen LogP contribution in [0.5, 0.6) is 0 Å². The van der Waals surface area contributed by atoms with Crippen LogP contribution in [0.2, 0.25) is 0 Å². The van der Waals surface area contributed by atoms with Crippen molar-refractivity contribution in [3.05, 3.63) is 23.9 Å². The topological polar surface area (TPSA) is 52.6 Å². The summed E-state index contributed by atoms with van der Waals surface area (Å²) in [4.78, 5) is 11.1. The molecule has 1 heterocycles. The van der Waals surface area contributed by atoms with Gasteiger partial charge in [-0.05, 0) is 26.3 Å². The van der Waals surface area contributed by atoms with Gasteiger partial charge in [-0.2, -0.15) is 0 Å². The molecule has 1 rings (SSSR count). The summed E-state index contributed by atoms with van der Waals surface area (Å²) in [5, 5.41) is 6.66. The van der Waals surface area contributed by atoms with E-state index in [0.29, 0.717) is 12.6 Å². The van der Waals surface area contributed by atoms with Crippen LogP contribution in [0.4, 0.5) is 5.82 Å². The third-order valence-electron chi connectivity index (χ3n) is 3.04. The van der Waals surface area contributed by atoms with Crippen LogP contribution in [0.3, 0.4) is 0 Å². The number of guanidine groups is 1. The summed E-state index contributed by atoms with van der Waals surface area (Å²) >= 11 is 0. The Balaban J connectivity index is 0.00000400. The van der Waals surface area contributed by atoms with Gasteiger partial charge in [0.1, 0.15) is 5.82 Å². The van der Waals surface area contributed by atoms with Crippen molar-refractivity contribution in [3.63, 3.8) is 0 Å². The fourth-order valence-corrected chi connectivity index (χ4v) is 1.78. The average Bonchev–Trinajstić information content (AvgIpc) is 2.45. The number of rotatable bonds is 6. The molecule has 1 atom stereocenters. The molecule has 120 valence electrons. The van der Waals surface area contributed by atoms with Gasteiger partial charge < -0.3 is 15.5 Å². The van der Waals surface area contributed by atoms with Gasteiger partial charge >= 0.3 is 0 Å². The number of aliphatic imine (C=N–C) groups is 1. The average molecular weight is 405 g/mol. The summed E-state index contributed by atoms with van der Waals surface area (Å²) in [5.41, 5.74) is 1.12. The van der Waals surface area contributed by atoms with Crippen LogP contribution in [-0.2, 0) is 6.54 Å². The molecule has 0 fully saturated rings. The largest absolute Gasteiger partial charge is 0.362 e. The summed E-state index contributed by atoms with van der Waals surface area (Å²) in [6.45, 7) is 7.86. The standard InChI is InChI=1S/C15H27N5.HI/c1-6-12(3)19-15(16-7-2)18-11-13-9-8-10-17-14(13)20(4)5;/h8-10,12H,6-7,11H2,1-5H3,(H2,16,18,19);1H. The Hall–Kier alpha value is -1.05. The van der Waals surface area contributed by atoms with Crippen LogP contribution in [0.1, 0.15) is 32.8 Å². The van der Waals surface area contributed by atoms with E-state index >= 15 is 0 Å². The van der Waals surface area contributed by atoms with Crippen LogP contribution in [-0.4, -0.2) is 37.6 Å². The van der Waals surface area contributed by atoms with Crippen LogP contribution in [0.15, 0.2) is 23.3 Å². The Bertz CT molecular complexity index is 434. The van der Waals surface area contributed by atoms with Gasteiger partial charge in [0, 0.05) is 38.4 Å². The van der Waals surface area contributed by atoms with E-state index in [1.54, 1.807) is 0 Å². The molecule has 1 unspecified atom stereocenters. The molecule has 0 spiro atoms. The van der Waals surface area contributed by atoms with E-state index in [9.17, 15) is 0 Å². The molecule has 6 heteroatoms. The number of pyridine rings is 1. The van der Waals surface area contributed by atoms with Gasteiger partial charge in [-0.15, -0.1) is 24.0 Å². The molecule has 0 saturated heterocycles. The SMILES string of the molecule is CCNC(=NCc1cccnc1N(C)C)NC(C)CC.I. The molecule has 0 bridgehead atoms. The lowest BCUT2D eigenvalue weighted by atomic mass is 10.2. The van der Waals surface area contributed by atoms with Crippen LogP contribution >= 0.6 is 24.0 Å². The minimum Gasteiger partial charge on any atom is -0.362 e. The molecule has 0 aromatic carbocycles. The van der Waals surface area contributed by atoms with E-state index < -0.39 is 0 Å². The van der Waals surface area contributed by atoms with Crippen molar-refractivity contribution in [2.75, 3.05) is 25.5 Å². The zero-order chi connectivity index (χ0) is 15.0. The van der Waals surface area contributed by atoms with E-state index in [4.69, 9.17) is 0 Å². The van der Waals surface area contributed by atoms with Crippen molar-refractivity contribution < 1.29 is 0 Å². The van der Waals surface area contributed by atoms with Gasteiger partial charge in [-0.25, -0.2) is 9.98 Å². The van der Waals surface area contributed by atoms with Crippen molar-refractivity contribution in [1.82, 2.24) is 15.6 Å². The number of aromatic nitrogens is 1. The Morgan fingerprint density at radius 1 is 1.38 bits per heavy atom. The fraction of sp³-hybridized carbons (Fsp3) is 0.600. The molecule has 0 radical (unpaired) electrons. The summed E-state index contributed by atoms with van der Waals surface area (Å²) in [5.74, 6) is 1.83. The number of hydrogen-bond donors (Lipinski definition) is 2. The Kier molecular flexibility index (Phi) is 10.1. The second kappa shape index (κ2) is 10.6. The van der Waals surface area contributed by atoms with Gasteiger partial charge in [0.2, 0.25) is 0 Å². The molecule has 0 saturated carbocycles. The van der Waals surface area contributed by atoms with E-state index in [2.05, 4.69) is 47.4 Å². The smallest absolute Gasteiger partial charge is 0.191 e. The Labute approximate surface area is 145 Å². The molecule has 1 aromatic heterocycles. The first-order chi connectivity index (χ1) is 9.58. The molecular formula is C15H28IN5. The van der Waals surface area contributed by atoms with Crippen LogP contribution in [0.25, 0.3) is 0 Å². The number of nitrogens with one attached hydrogen (secondary N) is 2. The minimum atomic E-state index is 0. The second-order valence-corrected chi connectivity index (χ2v) is 5.03. The molecule has 0 amide bonds. The van der Waals surface area contributed by atoms with Gasteiger partial charge in [-0.3, -0.25) is 0 Å². The minimum absolute atomic E-state index is 0. The normalized spacial score (nSPS) is 12.3.